The van der Waals surface area contributed by atoms with Crippen molar-refractivity contribution in [2.24, 2.45) is 0 Å². The first-order valence-electron chi connectivity index (χ1n) is 9.35. The summed E-state index contributed by atoms with van der Waals surface area (Å²) in [6.07, 6.45) is -0.203. The molecule has 1 amide bonds. The van der Waals surface area contributed by atoms with E-state index in [1.54, 1.807) is 13.0 Å². The summed E-state index contributed by atoms with van der Waals surface area (Å²) >= 11 is 0. The maximum Gasteiger partial charge on any atom is 0.308 e. The molecule has 0 saturated carbocycles. The number of hydrogen-bond acceptors (Lipinski definition) is 8. The van der Waals surface area contributed by atoms with Crippen molar-refractivity contribution in [1.82, 2.24) is 5.32 Å². The van der Waals surface area contributed by atoms with Crippen molar-refractivity contribution in [2.45, 2.75) is 19.4 Å². The number of nitro benzene ring substituents is 1. The average molecular weight is 432 g/mol. The number of carbonyl (C=O) groups is 2. The van der Waals surface area contributed by atoms with Crippen molar-refractivity contribution in [3.8, 4) is 17.2 Å². The number of amides is 1. The number of non-ortho nitro benzene ring substituents is 1. The van der Waals surface area contributed by atoms with Crippen LogP contribution in [0.25, 0.3) is 0 Å². The molecule has 10 nitrogen and oxygen atoms in total. The van der Waals surface area contributed by atoms with Gasteiger partial charge in [-0.1, -0.05) is 12.1 Å². The second-order valence-corrected chi connectivity index (χ2v) is 6.30. The summed E-state index contributed by atoms with van der Waals surface area (Å²) < 4.78 is 20.8. The van der Waals surface area contributed by atoms with E-state index in [4.69, 9.17) is 18.9 Å². The van der Waals surface area contributed by atoms with Gasteiger partial charge in [0, 0.05) is 17.7 Å². The fraction of sp³-hybridized carbons (Fsp3) is 0.333. The average Bonchev–Trinajstić information content (AvgIpc) is 2.77. The quantitative estimate of drug-likeness (QED) is 0.345. The molecule has 0 aliphatic carbocycles. The van der Waals surface area contributed by atoms with Crippen molar-refractivity contribution in [3.63, 3.8) is 0 Å². The van der Waals surface area contributed by atoms with Crippen LogP contribution in [-0.4, -0.2) is 44.7 Å². The van der Waals surface area contributed by atoms with Gasteiger partial charge < -0.3 is 24.3 Å². The second-order valence-electron chi connectivity index (χ2n) is 6.30. The highest BCUT2D eigenvalue weighted by molar-refractivity contribution is 5.96. The fourth-order valence-electron chi connectivity index (χ4n) is 2.95. The van der Waals surface area contributed by atoms with Crippen LogP contribution >= 0.6 is 0 Å². The summed E-state index contributed by atoms with van der Waals surface area (Å²) in [5.41, 5.74) is 0.422. The highest BCUT2D eigenvalue weighted by atomic mass is 16.6. The van der Waals surface area contributed by atoms with E-state index in [-0.39, 0.29) is 35.8 Å². The number of hydrogen-bond donors (Lipinski definition) is 1. The summed E-state index contributed by atoms with van der Waals surface area (Å²) in [5, 5.41) is 13.9. The molecule has 31 heavy (non-hydrogen) atoms. The van der Waals surface area contributed by atoms with E-state index in [0.717, 1.165) is 0 Å². The predicted octanol–water partition coefficient (Wildman–Crippen LogP) is 3.04. The van der Waals surface area contributed by atoms with Gasteiger partial charge in [0.25, 0.3) is 11.6 Å². The van der Waals surface area contributed by atoms with E-state index < -0.39 is 22.8 Å². The summed E-state index contributed by atoms with van der Waals surface area (Å²) in [7, 11) is 4.29. The highest BCUT2D eigenvalue weighted by Crippen LogP contribution is 2.38. The van der Waals surface area contributed by atoms with Gasteiger partial charge >= 0.3 is 5.97 Å². The molecule has 0 saturated heterocycles. The third kappa shape index (κ3) is 5.84. The number of benzene rings is 2. The number of esters is 1. The van der Waals surface area contributed by atoms with E-state index in [1.165, 1.54) is 51.7 Å². The van der Waals surface area contributed by atoms with E-state index in [9.17, 15) is 19.7 Å². The Morgan fingerprint density at radius 2 is 1.71 bits per heavy atom. The molecule has 0 bridgehead atoms. The SMILES string of the molecule is CCOC(=O)CC(NC(=O)c1cc(OC)c(OC)c(OC)c1)c1cccc([N+](=O)[O-])c1. The lowest BCUT2D eigenvalue weighted by atomic mass is 10.0. The van der Waals surface area contributed by atoms with Gasteiger partial charge in [-0.2, -0.15) is 0 Å². The molecule has 0 aliphatic heterocycles. The van der Waals surface area contributed by atoms with Crippen LogP contribution in [0.5, 0.6) is 17.2 Å². The van der Waals surface area contributed by atoms with Crippen LogP contribution in [0.4, 0.5) is 5.69 Å². The Labute approximate surface area is 179 Å². The van der Waals surface area contributed by atoms with Gasteiger partial charge in [0.2, 0.25) is 5.75 Å². The second kappa shape index (κ2) is 10.8. The smallest absolute Gasteiger partial charge is 0.308 e. The Morgan fingerprint density at radius 1 is 1.06 bits per heavy atom. The van der Waals surface area contributed by atoms with Crippen molar-refractivity contribution < 1.29 is 33.5 Å². The molecule has 0 aromatic heterocycles. The summed E-state index contributed by atoms with van der Waals surface area (Å²) in [6, 6.07) is 7.77. The Kier molecular flexibility index (Phi) is 8.18. The van der Waals surface area contributed by atoms with Gasteiger partial charge in [-0.05, 0) is 24.6 Å². The van der Waals surface area contributed by atoms with Crippen LogP contribution in [0, 0.1) is 10.1 Å². The molecule has 10 heteroatoms. The van der Waals surface area contributed by atoms with Crippen LogP contribution in [0.15, 0.2) is 36.4 Å². The summed E-state index contributed by atoms with van der Waals surface area (Å²) in [6.45, 7) is 1.83. The number of ether oxygens (including phenoxy) is 4. The lowest BCUT2D eigenvalue weighted by Gasteiger charge is -2.19. The van der Waals surface area contributed by atoms with E-state index in [2.05, 4.69) is 5.32 Å². The minimum absolute atomic E-state index is 0.159. The number of nitrogens with one attached hydrogen (secondary N) is 1. The topological polar surface area (TPSA) is 126 Å². The number of nitro groups is 1. The van der Waals surface area contributed by atoms with Crippen LogP contribution in [-0.2, 0) is 9.53 Å². The molecule has 2 aromatic carbocycles. The Balaban J connectivity index is 2.40. The first-order valence-corrected chi connectivity index (χ1v) is 9.35. The van der Waals surface area contributed by atoms with Gasteiger partial charge in [-0.3, -0.25) is 19.7 Å². The molecular formula is C21H24N2O8. The standard InChI is InChI=1S/C21H24N2O8/c1-5-31-19(24)12-16(13-7-6-8-15(9-13)23(26)27)22-21(25)14-10-17(28-2)20(30-4)18(11-14)29-3/h6-11,16H,5,12H2,1-4H3,(H,22,25). The largest absolute Gasteiger partial charge is 0.493 e. The summed E-state index contributed by atoms with van der Waals surface area (Å²) in [4.78, 5) is 35.6. The normalized spacial score (nSPS) is 11.2. The van der Waals surface area contributed by atoms with E-state index in [1.807, 2.05) is 0 Å². The Morgan fingerprint density at radius 3 is 2.23 bits per heavy atom. The summed E-state index contributed by atoms with van der Waals surface area (Å²) in [5.74, 6) is -0.207. The van der Waals surface area contributed by atoms with Crippen molar-refractivity contribution in [1.29, 1.82) is 0 Å². The van der Waals surface area contributed by atoms with Gasteiger partial charge in [-0.25, -0.2) is 0 Å². The first kappa shape index (κ1) is 23.5. The molecule has 0 spiro atoms. The lowest BCUT2D eigenvalue weighted by molar-refractivity contribution is -0.384. The van der Waals surface area contributed by atoms with Crippen LogP contribution < -0.4 is 19.5 Å². The van der Waals surface area contributed by atoms with E-state index in [0.29, 0.717) is 11.3 Å². The van der Waals surface area contributed by atoms with Gasteiger partial charge in [0.05, 0.1) is 45.3 Å². The zero-order valence-corrected chi connectivity index (χ0v) is 17.7. The minimum atomic E-state index is -0.856. The zero-order valence-electron chi connectivity index (χ0n) is 17.7. The first-order chi connectivity index (χ1) is 14.8. The van der Waals surface area contributed by atoms with Crippen LogP contribution in [0.3, 0.4) is 0 Å². The minimum Gasteiger partial charge on any atom is -0.493 e. The molecule has 0 heterocycles. The number of rotatable bonds is 10. The molecule has 0 fully saturated rings. The molecule has 166 valence electrons. The maximum absolute atomic E-state index is 13.0. The molecule has 1 atom stereocenters. The van der Waals surface area contributed by atoms with Gasteiger partial charge in [-0.15, -0.1) is 0 Å². The van der Waals surface area contributed by atoms with Gasteiger partial charge in [0.1, 0.15) is 0 Å². The van der Waals surface area contributed by atoms with Crippen LogP contribution in [0.1, 0.15) is 35.3 Å². The molecular weight excluding hydrogens is 408 g/mol. The Bertz CT molecular complexity index is 935. The van der Waals surface area contributed by atoms with E-state index >= 15 is 0 Å². The third-order valence-electron chi connectivity index (χ3n) is 4.39. The number of nitrogens with zero attached hydrogens (tertiary/aromatic N) is 1. The van der Waals surface area contributed by atoms with Crippen LogP contribution in [0.2, 0.25) is 0 Å². The number of carbonyl (C=O) groups excluding carboxylic acids is 2. The molecule has 0 aliphatic rings. The molecule has 1 N–H and O–H groups in total. The predicted molar refractivity (Wildman–Crippen MR) is 111 cm³/mol. The highest BCUT2D eigenvalue weighted by Gasteiger charge is 2.24. The fourth-order valence-corrected chi connectivity index (χ4v) is 2.95. The van der Waals surface area contributed by atoms with Crippen molar-refractivity contribution >= 4 is 17.6 Å². The maximum atomic E-state index is 13.0. The zero-order chi connectivity index (χ0) is 23.0. The third-order valence-corrected chi connectivity index (χ3v) is 4.39. The molecule has 2 aromatic rings. The monoisotopic (exact) mass is 432 g/mol. The van der Waals surface area contributed by atoms with Crippen molar-refractivity contribution in [2.75, 3.05) is 27.9 Å². The van der Waals surface area contributed by atoms with Crippen molar-refractivity contribution in [3.05, 3.63) is 57.6 Å². The molecule has 0 radical (unpaired) electrons. The molecule has 2 rings (SSSR count). The molecule has 1 unspecified atom stereocenters. The van der Waals surface area contributed by atoms with Gasteiger partial charge in [0.15, 0.2) is 11.5 Å². The Hall–Kier alpha value is -3.82. The lowest BCUT2D eigenvalue weighted by Crippen LogP contribution is -2.30. The number of methoxy groups -OCH3 is 3.